The Balaban J connectivity index is 3.52. The fourth-order valence-electron chi connectivity index (χ4n) is 0.243. The zero-order valence-electron chi connectivity index (χ0n) is 4.79. The van der Waals surface area contributed by atoms with Crippen molar-refractivity contribution in [2.24, 2.45) is 0 Å². The molecule has 0 aliphatic heterocycles. The van der Waals surface area contributed by atoms with Gasteiger partial charge in [-0.25, -0.2) is 4.39 Å². The van der Waals surface area contributed by atoms with Crippen LogP contribution >= 0.6 is 23.2 Å². The zero-order valence-corrected chi connectivity index (χ0v) is 6.30. The van der Waals surface area contributed by atoms with Crippen LogP contribution in [0.25, 0.3) is 0 Å². The molecule has 0 bridgehead atoms. The second kappa shape index (κ2) is 4.26. The van der Waals surface area contributed by atoms with Crippen molar-refractivity contribution in [3.63, 3.8) is 0 Å². The van der Waals surface area contributed by atoms with Crippen molar-refractivity contribution in [2.45, 2.75) is 11.7 Å². The van der Waals surface area contributed by atoms with E-state index in [-0.39, 0.29) is 12.5 Å². The van der Waals surface area contributed by atoms with Gasteiger partial charge in [-0.15, -0.1) is 11.6 Å². The lowest BCUT2D eigenvalue weighted by molar-refractivity contribution is -0.148. The Hall–Kier alpha value is 0.330. The first kappa shape index (κ1) is 10.3. The van der Waals surface area contributed by atoms with E-state index in [4.69, 9.17) is 11.6 Å². The Kier molecular flexibility index (Phi) is 4.40. The van der Waals surface area contributed by atoms with Gasteiger partial charge in [0.2, 0.25) is 0 Å². The van der Waals surface area contributed by atoms with E-state index in [1.807, 2.05) is 0 Å². The summed E-state index contributed by atoms with van der Waals surface area (Å²) >= 11 is 9.26. The summed E-state index contributed by atoms with van der Waals surface area (Å²) < 4.78 is 39.1. The van der Waals surface area contributed by atoms with Crippen LogP contribution in [0.3, 0.4) is 0 Å². The molecule has 1 nitrogen and oxygen atoms in total. The summed E-state index contributed by atoms with van der Waals surface area (Å²) in [6.45, 7) is -0.287. The predicted octanol–water partition coefficient (Wildman–Crippen LogP) is 2.37. The van der Waals surface area contributed by atoms with Gasteiger partial charge in [0, 0.05) is 5.88 Å². The molecule has 0 rings (SSSR count). The monoisotopic (exact) mass is 196 g/mol. The van der Waals surface area contributed by atoms with Gasteiger partial charge in [-0.2, -0.15) is 8.78 Å². The lowest BCUT2D eigenvalue weighted by atomic mass is 10.7. The maximum atomic E-state index is 11.9. The van der Waals surface area contributed by atoms with E-state index in [1.54, 1.807) is 0 Å². The second-order valence-corrected chi connectivity index (χ2v) is 2.30. The predicted molar refractivity (Wildman–Crippen MR) is 32.4 cm³/mol. The lowest BCUT2D eigenvalue weighted by Gasteiger charge is -2.12. The van der Waals surface area contributed by atoms with Crippen LogP contribution in [0, 0.1) is 0 Å². The first-order valence-corrected chi connectivity index (χ1v) is 3.28. The molecule has 10 heavy (non-hydrogen) atoms. The molecule has 1 unspecified atom stereocenters. The Morgan fingerprint density at radius 2 is 2.00 bits per heavy atom. The molecular formula is C4H5Cl2F3O. The largest absolute Gasteiger partial charge is 0.376 e. The van der Waals surface area contributed by atoms with Crippen molar-refractivity contribution in [1.82, 2.24) is 0 Å². The van der Waals surface area contributed by atoms with Gasteiger partial charge in [0.25, 0.3) is 6.36 Å². The van der Waals surface area contributed by atoms with Gasteiger partial charge in [-0.05, 0) is 11.6 Å². The summed E-state index contributed by atoms with van der Waals surface area (Å²) in [7, 11) is 0. The second-order valence-electron chi connectivity index (χ2n) is 1.42. The number of halogens is 5. The van der Waals surface area contributed by atoms with Gasteiger partial charge < -0.3 is 4.74 Å². The van der Waals surface area contributed by atoms with Crippen molar-refractivity contribution in [2.75, 3.05) is 12.5 Å². The number of hydrogen-bond acceptors (Lipinski definition) is 1. The third-order valence-corrected chi connectivity index (χ3v) is 0.925. The van der Waals surface area contributed by atoms with E-state index in [0.29, 0.717) is 0 Å². The molecule has 0 N–H and O–H groups in total. The van der Waals surface area contributed by atoms with Gasteiger partial charge in [-0.3, -0.25) is 0 Å². The van der Waals surface area contributed by atoms with Gasteiger partial charge >= 0.3 is 5.38 Å². The molecule has 0 radical (unpaired) electrons. The summed E-state index contributed by atoms with van der Waals surface area (Å²) in [4.78, 5) is 0. The van der Waals surface area contributed by atoms with E-state index in [9.17, 15) is 13.2 Å². The van der Waals surface area contributed by atoms with Crippen LogP contribution in [0.1, 0.15) is 0 Å². The van der Waals surface area contributed by atoms with Gasteiger partial charge in [-0.1, -0.05) is 0 Å². The lowest BCUT2D eigenvalue weighted by Crippen LogP contribution is -2.26. The average molecular weight is 197 g/mol. The summed E-state index contributed by atoms with van der Waals surface area (Å²) in [5, 5.41) is -3.97. The fourth-order valence-corrected chi connectivity index (χ4v) is 0.395. The molecule has 6 heteroatoms. The van der Waals surface area contributed by atoms with Crippen LogP contribution in [-0.4, -0.2) is 24.2 Å². The first-order valence-electron chi connectivity index (χ1n) is 2.37. The quantitative estimate of drug-likeness (QED) is 0.628. The molecule has 1 atom stereocenters. The number of rotatable bonds is 4. The van der Waals surface area contributed by atoms with E-state index in [0.717, 1.165) is 0 Å². The molecule has 0 aromatic carbocycles. The van der Waals surface area contributed by atoms with Crippen molar-refractivity contribution in [3.05, 3.63) is 0 Å². The summed E-state index contributed by atoms with van der Waals surface area (Å²) in [6, 6.07) is 0. The Morgan fingerprint density at radius 3 is 2.30 bits per heavy atom. The molecule has 0 aliphatic carbocycles. The van der Waals surface area contributed by atoms with Crippen LogP contribution in [0.2, 0.25) is 0 Å². The summed E-state index contributed by atoms with van der Waals surface area (Å²) in [5.74, 6) is -0.0482. The van der Waals surface area contributed by atoms with E-state index < -0.39 is 11.7 Å². The topological polar surface area (TPSA) is 9.23 Å². The zero-order chi connectivity index (χ0) is 8.20. The molecule has 0 spiro atoms. The molecule has 0 saturated heterocycles. The van der Waals surface area contributed by atoms with Crippen LogP contribution in [0.15, 0.2) is 0 Å². The fraction of sp³-hybridized carbons (Fsp3) is 1.00. The van der Waals surface area contributed by atoms with Crippen molar-refractivity contribution in [3.8, 4) is 0 Å². The minimum absolute atomic E-state index is 0.0482. The highest BCUT2D eigenvalue weighted by Gasteiger charge is 2.38. The molecule has 0 aromatic rings. The van der Waals surface area contributed by atoms with Gasteiger partial charge in [0.15, 0.2) is 0 Å². The first-order chi connectivity index (χ1) is 4.48. The maximum Gasteiger partial charge on any atom is 0.376 e. The molecule has 0 saturated carbocycles. The summed E-state index contributed by atoms with van der Waals surface area (Å²) in [5.41, 5.74) is 0. The third-order valence-electron chi connectivity index (χ3n) is 0.599. The highest BCUT2D eigenvalue weighted by Crippen LogP contribution is 2.26. The molecule has 0 aliphatic rings. The average Bonchev–Trinajstić information content (AvgIpc) is 1.80. The molecular weight excluding hydrogens is 192 g/mol. The highest BCUT2D eigenvalue weighted by molar-refractivity contribution is 6.22. The molecule has 0 amide bonds. The maximum absolute atomic E-state index is 11.9. The van der Waals surface area contributed by atoms with Crippen molar-refractivity contribution < 1.29 is 17.9 Å². The number of alkyl halides is 5. The van der Waals surface area contributed by atoms with E-state index >= 15 is 0 Å². The summed E-state index contributed by atoms with van der Waals surface area (Å²) in [6.07, 6.45) is -2.78. The van der Waals surface area contributed by atoms with E-state index in [2.05, 4.69) is 16.3 Å². The van der Waals surface area contributed by atoms with Crippen molar-refractivity contribution in [1.29, 1.82) is 0 Å². The van der Waals surface area contributed by atoms with Gasteiger partial charge in [0.05, 0.1) is 6.61 Å². The Bertz CT molecular complexity index is 95.0. The molecule has 0 heterocycles. The third kappa shape index (κ3) is 4.19. The van der Waals surface area contributed by atoms with E-state index in [1.165, 1.54) is 0 Å². The molecule has 0 fully saturated rings. The van der Waals surface area contributed by atoms with Crippen LogP contribution < -0.4 is 0 Å². The number of hydrogen-bond donors (Lipinski definition) is 0. The minimum Gasteiger partial charge on any atom is -0.341 e. The van der Waals surface area contributed by atoms with Crippen LogP contribution in [0.5, 0.6) is 0 Å². The highest BCUT2D eigenvalue weighted by atomic mass is 35.5. The molecule has 62 valence electrons. The van der Waals surface area contributed by atoms with Crippen molar-refractivity contribution >= 4 is 23.2 Å². The SMILES string of the molecule is FC(OCCCl)C(F)(F)Cl. The number of ether oxygens (including phenoxy) is 1. The normalized spacial score (nSPS) is 15.3. The van der Waals surface area contributed by atoms with Gasteiger partial charge in [0.1, 0.15) is 0 Å². The van der Waals surface area contributed by atoms with Crippen LogP contribution in [-0.2, 0) is 4.74 Å². The minimum atomic E-state index is -3.97. The van der Waals surface area contributed by atoms with Crippen LogP contribution in [0.4, 0.5) is 13.2 Å². The Labute approximate surface area is 66.1 Å². The standard InChI is InChI=1S/C4H5Cl2F3O/c5-1-2-10-3(7)4(6,8)9/h3H,1-2H2. The Morgan fingerprint density at radius 1 is 1.50 bits per heavy atom. The smallest absolute Gasteiger partial charge is 0.341 e. The molecule has 0 aromatic heterocycles.